The van der Waals surface area contributed by atoms with Crippen LogP contribution in [-0.2, 0) is 16.1 Å². The van der Waals surface area contributed by atoms with Crippen LogP contribution in [0.25, 0.3) is 22.6 Å². The number of carbonyl (C=O) groups excluding carboxylic acids is 1. The van der Waals surface area contributed by atoms with Crippen LogP contribution in [0.4, 0.5) is 5.69 Å². The Hall–Kier alpha value is -2.84. The fourth-order valence-corrected chi connectivity index (χ4v) is 3.94. The van der Waals surface area contributed by atoms with Crippen LogP contribution < -0.4 is 10.9 Å². The van der Waals surface area contributed by atoms with E-state index in [1.807, 2.05) is 12.1 Å². The van der Waals surface area contributed by atoms with E-state index in [2.05, 4.69) is 10.3 Å². The van der Waals surface area contributed by atoms with Gasteiger partial charge in [-0.2, -0.15) is 0 Å². The lowest BCUT2D eigenvalue weighted by molar-refractivity contribution is -0.132. The van der Waals surface area contributed by atoms with Crippen molar-refractivity contribution in [2.45, 2.75) is 13.0 Å². The second kappa shape index (κ2) is 9.19. The fraction of sp³-hybridized carbons (Fsp3) is 0.0909. The van der Waals surface area contributed by atoms with Crippen LogP contribution in [0.15, 0.2) is 51.3 Å². The lowest BCUT2D eigenvalue weighted by Crippen LogP contribution is -2.21. The summed E-state index contributed by atoms with van der Waals surface area (Å²) in [5, 5.41) is 11.1. The third-order valence-electron chi connectivity index (χ3n) is 4.97. The molecule has 4 rings (SSSR count). The van der Waals surface area contributed by atoms with Gasteiger partial charge in [-0.25, -0.2) is 9.78 Å². The minimum atomic E-state index is -1.53. The van der Waals surface area contributed by atoms with Crippen molar-refractivity contribution >= 4 is 86.5 Å². The van der Waals surface area contributed by atoms with E-state index in [0.29, 0.717) is 39.7 Å². The molecule has 0 radical (unpaired) electrons. The molecule has 0 spiro atoms. The van der Waals surface area contributed by atoms with Crippen LogP contribution in [0.5, 0.6) is 0 Å². The summed E-state index contributed by atoms with van der Waals surface area (Å²) < 4.78 is 1.59. The van der Waals surface area contributed by atoms with E-state index in [-0.39, 0.29) is 11.2 Å². The van der Waals surface area contributed by atoms with E-state index in [0.717, 1.165) is 11.1 Å². The first-order chi connectivity index (χ1) is 15.7. The highest BCUT2D eigenvalue weighted by molar-refractivity contribution is 6.54. The number of fused-ring (bicyclic) bond motifs is 2. The molecular formula is C22H13Cl4N3O4. The summed E-state index contributed by atoms with van der Waals surface area (Å²) >= 11 is 23.3. The first-order valence-corrected chi connectivity index (χ1v) is 11.0. The number of carboxylic acids is 1. The summed E-state index contributed by atoms with van der Waals surface area (Å²) in [6.07, 6.45) is 2.50. The van der Waals surface area contributed by atoms with Gasteiger partial charge in [-0.1, -0.05) is 52.5 Å². The molecule has 1 aliphatic heterocycles. The highest BCUT2D eigenvalue weighted by Crippen LogP contribution is 2.30. The van der Waals surface area contributed by atoms with Gasteiger partial charge in [-0.3, -0.25) is 14.2 Å². The van der Waals surface area contributed by atoms with E-state index in [4.69, 9.17) is 51.5 Å². The molecule has 0 saturated carbocycles. The molecule has 0 aliphatic carbocycles. The second-order valence-electron chi connectivity index (χ2n) is 7.10. The number of carboxylic acid groups (broad SMARTS) is 1. The third-order valence-corrected chi connectivity index (χ3v) is 6.52. The lowest BCUT2D eigenvalue weighted by Gasteiger charge is -2.09. The van der Waals surface area contributed by atoms with E-state index in [1.54, 1.807) is 16.7 Å². The zero-order valence-electron chi connectivity index (χ0n) is 16.5. The summed E-state index contributed by atoms with van der Waals surface area (Å²) in [7, 11) is 0. The highest BCUT2D eigenvalue weighted by atomic mass is 35.5. The van der Waals surface area contributed by atoms with Gasteiger partial charge < -0.3 is 10.4 Å². The summed E-state index contributed by atoms with van der Waals surface area (Å²) in [6, 6.07) is 9.77. The standard InChI is InChI=1S/C22H13Cl4N3O4/c23-14-4-1-10(8-15(14)24)7-11-5-6-29-19(11)28-16-9-12(2-3-13(16)21(29)31)27-20(30)17(25)18(26)22(32)33/h1-4,7-9H,5-6H2,(H,27,30)(H,32,33)/b11-7?,18-17-. The van der Waals surface area contributed by atoms with Gasteiger partial charge in [0.25, 0.3) is 11.5 Å². The zero-order chi connectivity index (χ0) is 23.9. The maximum atomic E-state index is 13.0. The quantitative estimate of drug-likeness (QED) is 0.447. The molecule has 7 nitrogen and oxygen atoms in total. The van der Waals surface area contributed by atoms with Crippen LogP contribution in [0, 0.1) is 0 Å². The lowest BCUT2D eigenvalue weighted by atomic mass is 10.1. The molecule has 0 atom stereocenters. The van der Waals surface area contributed by atoms with Gasteiger partial charge in [0.1, 0.15) is 15.9 Å². The molecule has 0 unspecified atom stereocenters. The smallest absolute Gasteiger partial charge is 0.349 e. The van der Waals surface area contributed by atoms with Crippen molar-refractivity contribution in [3.63, 3.8) is 0 Å². The first kappa shape index (κ1) is 23.3. The van der Waals surface area contributed by atoms with Gasteiger partial charge in [-0.15, -0.1) is 0 Å². The third kappa shape index (κ3) is 4.63. The average Bonchev–Trinajstić information content (AvgIpc) is 3.17. The van der Waals surface area contributed by atoms with Crippen LogP contribution in [0.3, 0.4) is 0 Å². The van der Waals surface area contributed by atoms with Crippen molar-refractivity contribution in [2.24, 2.45) is 0 Å². The van der Waals surface area contributed by atoms with Crippen molar-refractivity contribution in [3.05, 3.63) is 78.2 Å². The molecule has 11 heteroatoms. The number of carbonyl (C=O) groups is 2. The molecular weight excluding hydrogens is 512 g/mol. The van der Waals surface area contributed by atoms with Gasteiger partial charge in [0, 0.05) is 12.2 Å². The minimum Gasteiger partial charge on any atom is -0.477 e. The molecule has 2 heterocycles. The Kier molecular flexibility index (Phi) is 6.50. The van der Waals surface area contributed by atoms with Crippen molar-refractivity contribution < 1.29 is 14.7 Å². The van der Waals surface area contributed by atoms with Crippen molar-refractivity contribution in [1.82, 2.24) is 9.55 Å². The number of rotatable bonds is 4. The fourth-order valence-electron chi connectivity index (χ4n) is 3.42. The number of hydrogen-bond acceptors (Lipinski definition) is 4. The normalized spacial score (nSPS) is 14.8. The van der Waals surface area contributed by atoms with Gasteiger partial charge in [-0.05, 0) is 54.0 Å². The van der Waals surface area contributed by atoms with E-state index in [1.165, 1.54) is 18.2 Å². The number of anilines is 1. The number of nitrogens with zero attached hydrogens (tertiary/aromatic N) is 2. The Balaban J connectivity index is 1.73. The van der Waals surface area contributed by atoms with E-state index < -0.39 is 21.9 Å². The average molecular weight is 525 g/mol. The SMILES string of the molecule is O=C(O)/C(Cl)=C(/Cl)C(=O)Nc1ccc2c(=O)n3c(nc2c1)C(=Cc1ccc(Cl)c(Cl)c1)CC3. The molecule has 0 bridgehead atoms. The monoisotopic (exact) mass is 523 g/mol. The molecule has 0 fully saturated rings. The molecule has 0 saturated heterocycles. The van der Waals surface area contributed by atoms with Crippen molar-refractivity contribution in [1.29, 1.82) is 0 Å². The summed E-state index contributed by atoms with van der Waals surface area (Å²) in [4.78, 5) is 40.7. The van der Waals surface area contributed by atoms with Crippen LogP contribution in [-0.4, -0.2) is 26.5 Å². The number of aliphatic carboxylic acids is 1. The molecule has 1 aliphatic rings. The Labute approximate surface area is 206 Å². The summed E-state index contributed by atoms with van der Waals surface area (Å²) in [5.74, 6) is -1.92. The Bertz CT molecular complexity index is 1460. The molecule has 2 N–H and O–H groups in total. The first-order valence-electron chi connectivity index (χ1n) is 9.46. The van der Waals surface area contributed by atoms with Gasteiger partial charge in [0.15, 0.2) is 0 Å². The van der Waals surface area contributed by atoms with Gasteiger partial charge in [0.05, 0.1) is 20.9 Å². The molecule has 3 aromatic rings. The maximum absolute atomic E-state index is 13.0. The number of hydrogen-bond donors (Lipinski definition) is 2. The van der Waals surface area contributed by atoms with Gasteiger partial charge >= 0.3 is 5.97 Å². The zero-order valence-corrected chi connectivity index (χ0v) is 19.6. The Morgan fingerprint density at radius 3 is 2.52 bits per heavy atom. The highest BCUT2D eigenvalue weighted by Gasteiger charge is 2.22. The minimum absolute atomic E-state index is 0.211. The van der Waals surface area contributed by atoms with Crippen LogP contribution in [0.2, 0.25) is 10.0 Å². The summed E-state index contributed by atoms with van der Waals surface area (Å²) in [5.41, 5.74) is 2.08. The summed E-state index contributed by atoms with van der Waals surface area (Å²) in [6.45, 7) is 0.483. The topological polar surface area (TPSA) is 101 Å². The Morgan fingerprint density at radius 2 is 1.82 bits per heavy atom. The van der Waals surface area contributed by atoms with Crippen LogP contribution >= 0.6 is 46.4 Å². The molecule has 2 aromatic carbocycles. The predicted octanol–water partition coefficient (Wildman–Crippen LogP) is 5.36. The molecule has 33 heavy (non-hydrogen) atoms. The van der Waals surface area contributed by atoms with Crippen molar-refractivity contribution in [3.8, 4) is 0 Å². The van der Waals surface area contributed by atoms with Crippen molar-refractivity contribution in [2.75, 3.05) is 5.32 Å². The Morgan fingerprint density at radius 1 is 1.06 bits per heavy atom. The largest absolute Gasteiger partial charge is 0.477 e. The number of aromatic nitrogens is 2. The van der Waals surface area contributed by atoms with E-state index in [9.17, 15) is 14.4 Å². The number of nitrogens with one attached hydrogen (secondary N) is 1. The number of halogens is 4. The van der Waals surface area contributed by atoms with E-state index >= 15 is 0 Å². The molecule has 168 valence electrons. The maximum Gasteiger partial charge on any atom is 0.349 e. The second-order valence-corrected chi connectivity index (χ2v) is 8.67. The number of allylic oxidation sites excluding steroid dienone is 1. The number of benzene rings is 2. The molecule has 1 amide bonds. The number of amides is 1. The predicted molar refractivity (Wildman–Crippen MR) is 130 cm³/mol. The van der Waals surface area contributed by atoms with Gasteiger partial charge in [0.2, 0.25) is 0 Å². The van der Waals surface area contributed by atoms with Crippen LogP contribution in [0.1, 0.15) is 17.8 Å². The molecule has 1 aromatic heterocycles.